The fourth-order valence-electron chi connectivity index (χ4n) is 6.48. The molecular weight excluding hydrogens is 737 g/mol. The van der Waals surface area contributed by atoms with Crippen molar-refractivity contribution in [3.63, 3.8) is 0 Å². The molecule has 2 atom stereocenters. The second-order valence-electron chi connectivity index (χ2n) is 15.6. The molecule has 0 aromatic carbocycles. The predicted molar refractivity (Wildman–Crippen MR) is 238 cm³/mol. The highest BCUT2D eigenvalue weighted by molar-refractivity contribution is 7.47. The first-order chi connectivity index (χ1) is 27.8. The van der Waals surface area contributed by atoms with Gasteiger partial charge >= 0.3 is 19.8 Å². The Kier molecular flexibility index (Phi) is 42.4. The van der Waals surface area contributed by atoms with Crippen LogP contribution in [-0.4, -0.2) is 49.3 Å². The number of carbonyl (C=O) groups excluding carboxylic acids is 2. The van der Waals surface area contributed by atoms with E-state index in [1.165, 1.54) is 135 Å². The van der Waals surface area contributed by atoms with Crippen LogP contribution < -0.4 is 5.73 Å². The molecule has 0 aromatic heterocycles. The highest BCUT2D eigenvalue weighted by atomic mass is 31.2. The lowest BCUT2D eigenvalue weighted by atomic mass is 10.1. The zero-order valence-corrected chi connectivity index (χ0v) is 37.7. The van der Waals surface area contributed by atoms with Crippen molar-refractivity contribution in [2.75, 3.05) is 26.4 Å². The van der Waals surface area contributed by atoms with Crippen molar-refractivity contribution in [2.45, 2.75) is 225 Å². The molecule has 10 heteroatoms. The first-order valence-corrected chi connectivity index (χ1v) is 25.0. The Bertz CT molecular complexity index is 1030. The summed E-state index contributed by atoms with van der Waals surface area (Å²) in [5, 5.41) is 0. The van der Waals surface area contributed by atoms with E-state index in [0.717, 1.165) is 51.4 Å². The molecule has 0 spiro atoms. The molecule has 3 N–H and O–H groups in total. The summed E-state index contributed by atoms with van der Waals surface area (Å²) in [6, 6.07) is 0. The number of phosphoric ester groups is 1. The molecular formula is C47H88NO8P. The molecule has 0 heterocycles. The van der Waals surface area contributed by atoms with Gasteiger partial charge in [-0.15, -0.1) is 0 Å². The molecule has 0 radical (unpaired) electrons. The van der Waals surface area contributed by atoms with Gasteiger partial charge in [0.2, 0.25) is 0 Å². The molecule has 0 aliphatic heterocycles. The number of hydrogen-bond donors (Lipinski definition) is 2. The number of nitrogens with two attached hydrogens (primary N) is 1. The van der Waals surface area contributed by atoms with Crippen molar-refractivity contribution in [1.29, 1.82) is 0 Å². The topological polar surface area (TPSA) is 134 Å². The largest absolute Gasteiger partial charge is 0.472 e. The number of phosphoric acid groups is 1. The quantitative estimate of drug-likeness (QED) is 0.0266. The lowest BCUT2D eigenvalue weighted by molar-refractivity contribution is -0.161. The van der Waals surface area contributed by atoms with Gasteiger partial charge in [0.05, 0.1) is 13.2 Å². The van der Waals surface area contributed by atoms with Crippen LogP contribution in [0.2, 0.25) is 0 Å². The van der Waals surface area contributed by atoms with E-state index < -0.39 is 26.5 Å². The standard InChI is InChI=1S/C47H88NO8P/c1-3-5-7-9-11-13-15-17-19-21-22-24-25-27-29-31-33-35-37-39-46(49)53-43-45(44-55-57(51,52)54-42-41-48)56-47(50)40-38-36-34-32-30-28-26-23-20-18-16-14-12-10-8-6-4-2/h11,13,17-20,45H,3-10,12,14-16,21-44,48H2,1-2H3,(H,51,52)/t45-/m1/s1. The number of ether oxygens (including phenoxy) is 2. The summed E-state index contributed by atoms with van der Waals surface area (Å²) in [6.07, 6.45) is 48.8. The van der Waals surface area contributed by atoms with Gasteiger partial charge < -0.3 is 20.1 Å². The Balaban J connectivity index is 4.10. The zero-order valence-electron chi connectivity index (χ0n) is 36.8. The Labute approximate surface area is 350 Å². The number of carbonyl (C=O) groups is 2. The summed E-state index contributed by atoms with van der Waals surface area (Å²) in [4.78, 5) is 35.0. The lowest BCUT2D eigenvalue weighted by Gasteiger charge is -2.19. The van der Waals surface area contributed by atoms with Crippen LogP contribution in [-0.2, 0) is 32.7 Å². The van der Waals surface area contributed by atoms with Gasteiger partial charge in [-0.3, -0.25) is 18.6 Å². The highest BCUT2D eigenvalue weighted by Crippen LogP contribution is 2.43. The van der Waals surface area contributed by atoms with Crippen molar-refractivity contribution in [3.05, 3.63) is 36.5 Å². The van der Waals surface area contributed by atoms with Crippen molar-refractivity contribution in [2.24, 2.45) is 5.73 Å². The Hall–Kier alpha value is -1.77. The monoisotopic (exact) mass is 826 g/mol. The van der Waals surface area contributed by atoms with Gasteiger partial charge in [-0.25, -0.2) is 4.57 Å². The molecule has 9 nitrogen and oxygen atoms in total. The lowest BCUT2D eigenvalue weighted by Crippen LogP contribution is -2.29. The van der Waals surface area contributed by atoms with Gasteiger partial charge in [-0.1, -0.05) is 172 Å². The van der Waals surface area contributed by atoms with E-state index in [9.17, 15) is 19.0 Å². The van der Waals surface area contributed by atoms with Gasteiger partial charge in [0.15, 0.2) is 6.10 Å². The molecule has 0 aliphatic carbocycles. The normalized spacial score (nSPS) is 13.5. The minimum atomic E-state index is -4.38. The van der Waals surface area contributed by atoms with Crippen LogP contribution in [0.5, 0.6) is 0 Å². The second-order valence-corrected chi connectivity index (χ2v) is 17.1. The molecule has 0 amide bonds. The van der Waals surface area contributed by atoms with Crippen LogP contribution >= 0.6 is 7.82 Å². The number of unbranched alkanes of at least 4 members (excludes halogenated alkanes) is 25. The Morgan fingerprint density at radius 1 is 0.526 bits per heavy atom. The first-order valence-electron chi connectivity index (χ1n) is 23.5. The molecule has 0 bridgehead atoms. The minimum absolute atomic E-state index is 0.0522. The average Bonchev–Trinajstić information content (AvgIpc) is 3.20. The maximum absolute atomic E-state index is 12.6. The highest BCUT2D eigenvalue weighted by Gasteiger charge is 2.26. The summed E-state index contributed by atoms with van der Waals surface area (Å²) in [7, 11) is -4.38. The summed E-state index contributed by atoms with van der Waals surface area (Å²) < 4.78 is 32.8. The van der Waals surface area contributed by atoms with Crippen LogP contribution in [0.1, 0.15) is 219 Å². The maximum atomic E-state index is 12.6. The number of esters is 2. The van der Waals surface area contributed by atoms with Crippen molar-refractivity contribution < 1.29 is 37.6 Å². The molecule has 0 aromatic rings. The van der Waals surface area contributed by atoms with Crippen molar-refractivity contribution >= 4 is 19.8 Å². The number of rotatable bonds is 44. The molecule has 0 aliphatic rings. The van der Waals surface area contributed by atoms with Gasteiger partial charge in [-0.2, -0.15) is 0 Å². The number of allylic oxidation sites excluding steroid dienone is 6. The van der Waals surface area contributed by atoms with E-state index in [-0.39, 0.29) is 38.6 Å². The summed E-state index contributed by atoms with van der Waals surface area (Å²) in [5.74, 6) is -0.833. The van der Waals surface area contributed by atoms with E-state index in [1.807, 2.05) is 0 Å². The van der Waals surface area contributed by atoms with Gasteiger partial charge in [0.25, 0.3) is 0 Å². The van der Waals surface area contributed by atoms with E-state index in [2.05, 4.69) is 50.3 Å². The summed E-state index contributed by atoms with van der Waals surface area (Å²) in [6.45, 7) is 3.71. The molecule has 334 valence electrons. The van der Waals surface area contributed by atoms with Crippen LogP contribution in [0.25, 0.3) is 0 Å². The third-order valence-corrected chi connectivity index (χ3v) is 11.0. The smallest absolute Gasteiger partial charge is 0.462 e. The first kappa shape index (κ1) is 55.2. The fraction of sp³-hybridized carbons (Fsp3) is 0.830. The fourth-order valence-corrected chi connectivity index (χ4v) is 7.25. The van der Waals surface area contributed by atoms with Crippen LogP contribution in [0.3, 0.4) is 0 Å². The van der Waals surface area contributed by atoms with Gasteiger partial charge in [-0.05, 0) is 70.6 Å². The molecule has 0 saturated heterocycles. The summed E-state index contributed by atoms with van der Waals surface area (Å²) in [5.41, 5.74) is 5.36. The average molecular weight is 826 g/mol. The van der Waals surface area contributed by atoms with Crippen LogP contribution in [0.4, 0.5) is 0 Å². The summed E-state index contributed by atoms with van der Waals surface area (Å²) >= 11 is 0. The van der Waals surface area contributed by atoms with Crippen LogP contribution in [0, 0.1) is 0 Å². The van der Waals surface area contributed by atoms with E-state index >= 15 is 0 Å². The Morgan fingerprint density at radius 2 is 0.912 bits per heavy atom. The Morgan fingerprint density at radius 3 is 1.39 bits per heavy atom. The van der Waals surface area contributed by atoms with Gasteiger partial charge in [0.1, 0.15) is 6.61 Å². The molecule has 57 heavy (non-hydrogen) atoms. The van der Waals surface area contributed by atoms with Crippen LogP contribution in [0.15, 0.2) is 36.5 Å². The molecule has 0 fully saturated rings. The SMILES string of the molecule is CCCCCC=CCC=CCCCCCCCCCCCC(=O)OC[C@H](COP(=O)(O)OCCN)OC(=O)CCCCCCCCCC=CCCCCCCCC. The second kappa shape index (κ2) is 43.8. The maximum Gasteiger partial charge on any atom is 0.472 e. The minimum Gasteiger partial charge on any atom is -0.462 e. The van der Waals surface area contributed by atoms with E-state index in [4.69, 9.17) is 24.3 Å². The number of hydrogen-bond acceptors (Lipinski definition) is 8. The molecule has 0 saturated carbocycles. The van der Waals surface area contributed by atoms with Gasteiger partial charge in [0, 0.05) is 19.4 Å². The molecule has 1 unspecified atom stereocenters. The van der Waals surface area contributed by atoms with Crippen molar-refractivity contribution in [3.8, 4) is 0 Å². The van der Waals surface area contributed by atoms with Crippen molar-refractivity contribution in [1.82, 2.24) is 0 Å². The van der Waals surface area contributed by atoms with E-state index in [1.54, 1.807) is 0 Å². The molecule has 0 rings (SSSR count). The third-order valence-electron chi connectivity index (χ3n) is 10.00. The predicted octanol–water partition coefficient (Wildman–Crippen LogP) is 13.7. The zero-order chi connectivity index (χ0) is 41.8. The van der Waals surface area contributed by atoms with E-state index in [0.29, 0.717) is 6.42 Å². The third kappa shape index (κ3) is 43.6.